The highest BCUT2D eigenvalue weighted by Gasteiger charge is 2.13. The number of aromatic nitrogens is 2. The molecule has 0 atom stereocenters. The van der Waals surface area contributed by atoms with Crippen molar-refractivity contribution in [3.05, 3.63) is 39.6 Å². The van der Waals surface area contributed by atoms with Gasteiger partial charge < -0.3 is 10.5 Å². The molecule has 1 heterocycles. The second-order valence-corrected chi connectivity index (χ2v) is 5.28. The van der Waals surface area contributed by atoms with Gasteiger partial charge in [0.15, 0.2) is 0 Å². The number of hydrogen-bond acceptors (Lipinski definition) is 3. The minimum absolute atomic E-state index is 0.480. The third kappa shape index (κ3) is 2.92. The molecule has 0 saturated carbocycles. The molecular weight excluding hydrogens is 306 g/mol. The molecule has 0 bridgehead atoms. The standard InChI is InChI=1S/C14H18BrN3O/c1-4-12-14(15)13(18(3)17-12)8-19-10-5-6-11(16)9(2)7-10/h5-7H,4,8,16H2,1-3H3. The van der Waals surface area contributed by atoms with Gasteiger partial charge in [-0.15, -0.1) is 0 Å². The Labute approximate surface area is 121 Å². The lowest BCUT2D eigenvalue weighted by Gasteiger charge is -2.09. The van der Waals surface area contributed by atoms with E-state index in [1.165, 1.54) is 0 Å². The Hall–Kier alpha value is -1.49. The Morgan fingerprint density at radius 3 is 2.74 bits per heavy atom. The van der Waals surface area contributed by atoms with Crippen molar-refractivity contribution in [1.82, 2.24) is 9.78 Å². The molecule has 1 aromatic heterocycles. The lowest BCUT2D eigenvalue weighted by Crippen LogP contribution is -2.04. The summed E-state index contributed by atoms with van der Waals surface area (Å²) < 4.78 is 8.69. The van der Waals surface area contributed by atoms with Crippen molar-refractivity contribution in [1.29, 1.82) is 0 Å². The molecule has 0 saturated heterocycles. The molecule has 0 radical (unpaired) electrons. The first-order valence-electron chi connectivity index (χ1n) is 6.22. The molecule has 2 aromatic rings. The van der Waals surface area contributed by atoms with Gasteiger partial charge in [0.2, 0.25) is 0 Å². The largest absolute Gasteiger partial charge is 0.487 e. The van der Waals surface area contributed by atoms with Gasteiger partial charge in [0.1, 0.15) is 12.4 Å². The number of hydrogen-bond donors (Lipinski definition) is 1. The van der Waals surface area contributed by atoms with Gasteiger partial charge in [-0.2, -0.15) is 5.10 Å². The van der Waals surface area contributed by atoms with E-state index in [9.17, 15) is 0 Å². The van der Waals surface area contributed by atoms with Crippen LogP contribution in [0.5, 0.6) is 5.75 Å². The van der Waals surface area contributed by atoms with Gasteiger partial charge in [0.05, 0.1) is 15.9 Å². The molecule has 4 nitrogen and oxygen atoms in total. The van der Waals surface area contributed by atoms with Crippen LogP contribution in [0.25, 0.3) is 0 Å². The number of ether oxygens (including phenoxy) is 1. The normalized spacial score (nSPS) is 10.7. The van der Waals surface area contributed by atoms with Gasteiger partial charge in [-0.1, -0.05) is 6.92 Å². The summed E-state index contributed by atoms with van der Waals surface area (Å²) in [4.78, 5) is 0. The highest BCUT2D eigenvalue weighted by molar-refractivity contribution is 9.10. The lowest BCUT2D eigenvalue weighted by atomic mass is 10.2. The van der Waals surface area contributed by atoms with Gasteiger partial charge in [0, 0.05) is 12.7 Å². The fraction of sp³-hybridized carbons (Fsp3) is 0.357. The fourth-order valence-electron chi connectivity index (χ4n) is 1.87. The van der Waals surface area contributed by atoms with Crippen LogP contribution in [0.2, 0.25) is 0 Å². The topological polar surface area (TPSA) is 53.1 Å². The number of halogens is 1. The van der Waals surface area contributed by atoms with Crippen molar-refractivity contribution in [3.63, 3.8) is 0 Å². The second-order valence-electron chi connectivity index (χ2n) is 4.49. The number of rotatable bonds is 4. The first-order valence-corrected chi connectivity index (χ1v) is 7.01. The molecule has 19 heavy (non-hydrogen) atoms. The van der Waals surface area contributed by atoms with Crippen molar-refractivity contribution < 1.29 is 4.74 Å². The molecule has 2 rings (SSSR count). The summed E-state index contributed by atoms with van der Waals surface area (Å²) in [6, 6.07) is 5.69. The predicted octanol–water partition coefficient (Wildman–Crippen LogP) is 3.21. The number of aryl methyl sites for hydroxylation is 3. The van der Waals surface area contributed by atoms with E-state index in [2.05, 4.69) is 28.0 Å². The van der Waals surface area contributed by atoms with Crippen LogP contribution in [0.3, 0.4) is 0 Å². The maximum absolute atomic E-state index is 5.80. The molecule has 0 spiro atoms. The predicted molar refractivity (Wildman–Crippen MR) is 80.2 cm³/mol. The SMILES string of the molecule is CCc1nn(C)c(COc2ccc(N)c(C)c2)c1Br. The first-order chi connectivity index (χ1) is 9.02. The van der Waals surface area contributed by atoms with Gasteiger partial charge in [-0.25, -0.2) is 0 Å². The third-order valence-electron chi connectivity index (χ3n) is 3.12. The number of nitrogen functional groups attached to an aromatic ring is 1. The minimum atomic E-state index is 0.480. The summed E-state index contributed by atoms with van der Waals surface area (Å²) in [6.07, 6.45) is 0.898. The summed E-state index contributed by atoms with van der Waals surface area (Å²) in [5.74, 6) is 0.817. The van der Waals surface area contributed by atoms with E-state index in [0.29, 0.717) is 6.61 Å². The number of benzene rings is 1. The smallest absolute Gasteiger partial charge is 0.131 e. The van der Waals surface area contributed by atoms with Gasteiger partial charge in [-0.05, 0) is 53.0 Å². The van der Waals surface area contributed by atoms with E-state index in [-0.39, 0.29) is 0 Å². The Balaban J connectivity index is 2.14. The van der Waals surface area contributed by atoms with Crippen LogP contribution >= 0.6 is 15.9 Å². The maximum Gasteiger partial charge on any atom is 0.131 e. The number of anilines is 1. The molecule has 0 aliphatic rings. The molecule has 5 heteroatoms. The van der Waals surface area contributed by atoms with Gasteiger partial charge in [-0.3, -0.25) is 4.68 Å². The fourth-order valence-corrected chi connectivity index (χ4v) is 2.60. The Kier molecular flexibility index (Phi) is 4.14. The highest BCUT2D eigenvalue weighted by Crippen LogP contribution is 2.24. The quantitative estimate of drug-likeness (QED) is 0.879. The third-order valence-corrected chi connectivity index (χ3v) is 4.04. The summed E-state index contributed by atoms with van der Waals surface area (Å²) in [6.45, 7) is 4.53. The molecule has 0 unspecified atom stereocenters. The zero-order valence-corrected chi connectivity index (χ0v) is 13.0. The van der Waals surface area contributed by atoms with E-state index < -0.39 is 0 Å². The summed E-state index contributed by atoms with van der Waals surface area (Å²) in [7, 11) is 1.93. The van der Waals surface area contributed by atoms with Crippen LogP contribution in [-0.4, -0.2) is 9.78 Å². The zero-order chi connectivity index (χ0) is 14.0. The van der Waals surface area contributed by atoms with E-state index in [1.807, 2.05) is 36.9 Å². The molecule has 0 aliphatic carbocycles. The van der Waals surface area contributed by atoms with E-state index >= 15 is 0 Å². The van der Waals surface area contributed by atoms with Crippen molar-refractivity contribution in [2.24, 2.45) is 7.05 Å². The molecule has 2 N–H and O–H groups in total. The van der Waals surface area contributed by atoms with Gasteiger partial charge in [0.25, 0.3) is 0 Å². The molecule has 0 fully saturated rings. The second kappa shape index (κ2) is 5.65. The van der Waals surface area contributed by atoms with Crippen molar-refractivity contribution in [3.8, 4) is 5.75 Å². The summed E-state index contributed by atoms with van der Waals surface area (Å²) >= 11 is 3.58. The average Bonchev–Trinajstić information content (AvgIpc) is 2.66. The summed E-state index contributed by atoms with van der Waals surface area (Å²) in [5.41, 5.74) is 9.68. The zero-order valence-electron chi connectivity index (χ0n) is 11.4. The molecule has 1 aromatic carbocycles. The van der Waals surface area contributed by atoms with Crippen LogP contribution in [0, 0.1) is 6.92 Å². The Morgan fingerprint density at radius 1 is 1.42 bits per heavy atom. The highest BCUT2D eigenvalue weighted by atomic mass is 79.9. The number of nitrogens with two attached hydrogens (primary N) is 1. The first kappa shape index (κ1) is 13.9. The molecule has 102 valence electrons. The van der Waals surface area contributed by atoms with Gasteiger partial charge >= 0.3 is 0 Å². The Morgan fingerprint density at radius 2 is 2.16 bits per heavy atom. The van der Waals surface area contributed by atoms with Crippen LogP contribution in [-0.2, 0) is 20.1 Å². The average molecular weight is 324 g/mol. The monoisotopic (exact) mass is 323 g/mol. The van der Waals surface area contributed by atoms with Crippen molar-refractivity contribution in [2.45, 2.75) is 26.9 Å². The minimum Gasteiger partial charge on any atom is -0.487 e. The molecular formula is C14H18BrN3O. The van der Waals surface area contributed by atoms with E-state index in [1.54, 1.807) is 0 Å². The van der Waals surface area contributed by atoms with Crippen LogP contribution in [0.1, 0.15) is 23.9 Å². The molecule has 0 amide bonds. The van der Waals surface area contributed by atoms with Crippen LogP contribution in [0.4, 0.5) is 5.69 Å². The van der Waals surface area contributed by atoms with E-state index in [4.69, 9.17) is 10.5 Å². The lowest BCUT2D eigenvalue weighted by molar-refractivity contribution is 0.294. The van der Waals surface area contributed by atoms with Crippen molar-refractivity contribution >= 4 is 21.6 Å². The van der Waals surface area contributed by atoms with Crippen molar-refractivity contribution in [2.75, 3.05) is 5.73 Å². The van der Waals surface area contributed by atoms with Crippen LogP contribution in [0.15, 0.2) is 22.7 Å². The number of nitrogens with zero attached hydrogens (tertiary/aromatic N) is 2. The van der Waals surface area contributed by atoms with Crippen LogP contribution < -0.4 is 10.5 Å². The maximum atomic E-state index is 5.80. The Bertz CT molecular complexity index is 593. The molecule has 0 aliphatic heterocycles. The summed E-state index contributed by atoms with van der Waals surface area (Å²) in [5, 5.41) is 4.44. The van der Waals surface area contributed by atoms with E-state index in [0.717, 1.165) is 39.3 Å².